The van der Waals surface area contributed by atoms with Gasteiger partial charge in [0.2, 0.25) is 11.8 Å². The van der Waals surface area contributed by atoms with Crippen molar-refractivity contribution in [2.45, 2.75) is 32.1 Å². The minimum Gasteiger partial charge on any atom is -0.346 e. The lowest BCUT2D eigenvalue weighted by Gasteiger charge is -2.30. The first-order valence-corrected chi connectivity index (χ1v) is 7.39. The molecule has 0 bridgehead atoms. The van der Waals surface area contributed by atoms with Crippen molar-refractivity contribution in [3.8, 4) is 0 Å². The molecular weight excluding hydrogens is 286 g/mol. The third kappa shape index (κ3) is 6.01. The molecule has 2 atom stereocenters. The first-order chi connectivity index (χ1) is 8.41. The van der Waals surface area contributed by atoms with Gasteiger partial charge in [-0.2, -0.15) is 11.8 Å². The molecular formula is C12H24ClN3O2S. The molecule has 1 unspecified atom stereocenters. The topological polar surface area (TPSA) is 75.4 Å². The predicted molar refractivity (Wildman–Crippen MR) is 81.6 cm³/mol. The fourth-order valence-electron chi connectivity index (χ4n) is 1.74. The molecule has 0 aromatic heterocycles. The minimum absolute atomic E-state index is 0. The summed E-state index contributed by atoms with van der Waals surface area (Å²) in [5.41, 5.74) is 5.71. The maximum absolute atomic E-state index is 11.9. The molecule has 0 aromatic rings. The van der Waals surface area contributed by atoms with E-state index in [0.717, 1.165) is 18.8 Å². The summed E-state index contributed by atoms with van der Waals surface area (Å²) in [6, 6.07) is -0.548. The van der Waals surface area contributed by atoms with Gasteiger partial charge in [-0.1, -0.05) is 20.8 Å². The van der Waals surface area contributed by atoms with Crippen molar-refractivity contribution in [2.24, 2.45) is 11.7 Å². The lowest BCUT2D eigenvalue weighted by atomic mass is 10.1. The third-order valence-electron chi connectivity index (χ3n) is 3.03. The maximum Gasteiger partial charge on any atom is 0.242 e. The van der Waals surface area contributed by atoms with Crippen molar-refractivity contribution in [1.82, 2.24) is 10.2 Å². The fourth-order valence-corrected chi connectivity index (χ4v) is 2.75. The molecule has 1 aliphatic rings. The fraction of sp³-hybridized carbons (Fsp3) is 0.833. The van der Waals surface area contributed by atoms with Crippen molar-refractivity contribution < 1.29 is 9.59 Å². The van der Waals surface area contributed by atoms with Crippen molar-refractivity contribution in [2.75, 3.05) is 25.4 Å². The zero-order valence-corrected chi connectivity index (χ0v) is 13.4. The number of carbonyl (C=O) groups is 2. The molecule has 0 radical (unpaired) electrons. The molecule has 0 aromatic carbocycles. The monoisotopic (exact) mass is 309 g/mol. The zero-order valence-electron chi connectivity index (χ0n) is 11.7. The average molecular weight is 310 g/mol. The second-order valence-corrected chi connectivity index (χ2v) is 6.56. The van der Waals surface area contributed by atoms with Crippen LogP contribution in [0.4, 0.5) is 0 Å². The second kappa shape index (κ2) is 8.66. The van der Waals surface area contributed by atoms with Gasteiger partial charge in [-0.25, -0.2) is 0 Å². The molecule has 0 saturated carbocycles. The highest BCUT2D eigenvalue weighted by Crippen LogP contribution is 2.17. The summed E-state index contributed by atoms with van der Waals surface area (Å²) in [7, 11) is 0. The number of carbonyl (C=O) groups excluding carboxylic acids is 2. The molecule has 1 heterocycles. The summed E-state index contributed by atoms with van der Waals surface area (Å²) in [5, 5.41) is 3.08. The van der Waals surface area contributed by atoms with Gasteiger partial charge in [0.05, 0.1) is 12.6 Å². The van der Waals surface area contributed by atoms with Gasteiger partial charge in [-0.3, -0.25) is 9.59 Å². The minimum atomic E-state index is -0.548. The van der Waals surface area contributed by atoms with E-state index in [1.54, 1.807) is 0 Å². The van der Waals surface area contributed by atoms with E-state index in [-0.39, 0.29) is 36.7 Å². The summed E-state index contributed by atoms with van der Waals surface area (Å²) >= 11 is 1.87. The van der Waals surface area contributed by atoms with Crippen LogP contribution in [0.3, 0.4) is 0 Å². The van der Waals surface area contributed by atoms with Gasteiger partial charge in [0.1, 0.15) is 0 Å². The van der Waals surface area contributed by atoms with Crippen molar-refractivity contribution in [3.05, 3.63) is 0 Å². The van der Waals surface area contributed by atoms with Gasteiger partial charge >= 0.3 is 0 Å². The summed E-state index contributed by atoms with van der Waals surface area (Å²) in [5.74, 6) is 0.766. The van der Waals surface area contributed by atoms with E-state index in [2.05, 4.69) is 12.2 Å². The lowest BCUT2D eigenvalue weighted by Crippen LogP contribution is -2.49. The first-order valence-electron chi connectivity index (χ1n) is 6.34. The number of nitrogens with zero attached hydrogens (tertiary/aromatic N) is 1. The Bertz CT molecular complexity index is 315. The largest absolute Gasteiger partial charge is 0.346 e. The highest BCUT2D eigenvalue weighted by molar-refractivity contribution is 7.99. The van der Waals surface area contributed by atoms with Crippen LogP contribution < -0.4 is 11.1 Å². The van der Waals surface area contributed by atoms with Gasteiger partial charge in [0, 0.05) is 24.1 Å². The molecule has 3 N–H and O–H groups in total. The van der Waals surface area contributed by atoms with Gasteiger partial charge in [-0.15, -0.1) is 12.4 Å². The van der Waals surface area contributed by atoms with Gasteiger partial charge < -0.3 is 16.0 Å². The van der Waals surface area contributed by atoms with Gasteiger partial charge in [0.25, 0.3) is 0 Å². The molecule has 5 nitrogen and oxygen atoms in total. The molecule has 112 valence electrons. The Balaban J connectivity index is 0.00000324. The zero-order chi connectivity index (χ0) is 13.7. The number of rotatable bonds is 4. The summed E-state index contributed by atoms with van der Waals surface area (Å²) in [6.45, 7) is 7.45. The Morgan fingerprint density at radius 3 is 2.63 bits per heavy atom. The molecule has 19 heavy (non-hydrogen) atoms. The van der Waals surface area contributed by atoms with E-state index in [4.69, 9.17) is 5.73 Å². The number of thioether (sulfide) groups is 1. The Morgan fingerprint density at radius 2 is 2.11 bits per heavy atom. The lowest BCUT2D eigenvalue weighted by molar-refractivity contribution is -0.133. The van der Waals surface area contributed by atoms with Crippen molar-refractivity contribution in [3.63, 3.8) is 0 Å². The highest BCUT2D eigenvalue weighted by Gasteiger charge is 2.23. The molecule has 1 fully saturated rings. The Morgan fingerprint density at radius 1 is 1.47 bits per heavy atom. The molecule has 7 heteroatoms. The number of nitrogens with one attached hydrogen (secondary N) is 1. The highest BCUT2D eigenvalue weighted by atomic mass is 35.5. The van der Waals surface area contributed by atoms with Crippen LogP contribution in [-0.4, -0.2) is 53.4 Å². The van der Waals surface area contributed by atoms with Crippen LogP contribution in [0.15, 0.2) is 0 Å². The first kappa shape index (κ1) is 18.5. The van der Waals surface area contributed by atoms with Gasteiger partial charge in [-0.05, 0) is 5.92 Å². The van der Waals surface area contributed by atoms with Crippen LogP contribution in [0.2, 0.25) is 0 Å². The van der Waals surface area contributed by atoms with E-state index >= 15 is 0 Å². The number of hydrogen-bond acceptors (Lipinski definition) is 4. The van der Waals surface area contributed by atoms with Crippen molar-refractivity contribution in [1.29, 1.82) is 0 Å². The third-order valence-corrected chi connectivity index (χ3v) is 4.16. The maximum atomic E-state index is 11.9. The molecule has 1 rings (SSSR count). The molecule has 1 saturated heterocycles. The summed E-state index contributed by atoms with van der Waals surface area (Å²) in [4.78, 5) is 25.3. The summed E-state index contributed by atoms with van der Waals surface area (Å²) < 4.78 is 0. The number of hydrogen-bond donors (Lipinski definition) is 2. The average Bonchev–Trinajstić information content (AvgIpc) is 2.34. The van der Waals surface area contributed by atoms with E-state index in [0.29, 0.717) is 5.25 Å². The number of nitrogens with two attached hydrogens (primary N) is 1. The molecule has 1 aliphatic heterocycles. The Kier molecular flexibility index (Phi) is 8.45. The quantitative estimate of drug-likeness (QED) is 0.791. The molecule has 2 amide bonds. The Labute approximate surface area is 125 Å². The standard InChI is InChI=1S/C12H23N3O2S.ClH/c1-8(2)11(13)12(17)14-6-10(16)15-4-5-18-9(3)7-15;/h8-9,11H,4-7,13H2,1-3H3,(H,14,17);1H/t9?,11-;/m0./s1. The Hall–Kier alpha value is -0.460. The smallest absolute Gasteiger partial charge is 0.242 e. The normalized spacial score (nSPS) is 20.7. The van der Waals surface area contributed by atoms with Crippen LogP contribution in [0.1, 0.15) is 20.8 Å². The number of amides is 2. The van der Waals surface area contributed by atoms with Gasteiger partial charge in [0.15, 0.2) is 0 Å². The van der Waals surface area contributed by atoms with E-state index in [9.17, 15) is 9.59 Å². The molecule has 0 spiro atoms. The summed E-state index contributed by atoms with van der Waals surface area (Å²) in [6.07, 6.45) is 0. The van der Waals surface area contributed by atoms with Crippen LogP contribution in [0.25, 0.3) is 0 Å². The predicted octanol–water partition coefficient (Wildman–Crippen LogP) is 0.472. The SMILES string of the molecule is CC1CN(C(=O)CNC(=O)[C@@H](N)C(C)C)CCS1.Cl. The molecule has 0 aliphatic carbocycles. The second-order valence-electron chi connectivity index (χ2n) is 5.01. The van der Waals surface area contributed by atoms with Crippen LogP contribution >= 0.6 is 24.2 Å². The van der Waals surface area contributed by atoms with E-state index < -0.39 is 6.04 Å². The van der Waals surface area contributed by atoms with E-state index in [1.165, 1.54) is 0 Å². The van der Waals surface area contributed by atoms with Crippen LogP contribution in [0.5, 0.6) is 0 Å². The number of halogens is 1. The van der Waals surface area contributed by atoms with Crippen LogP contribution in [-0.2, 0) is 9.59 Å². The van der Waals surface area contributed by atoms with Crippen LogP contribution in [0, 0.1) is 5.92 Å². The van der Waals surface area contributed by atoms with Crippen molar-refractivity contribution >= 4 is 36.0 Å². The van der Waals surface area contributed by atoms with E-state index in [1.807, 2.05) is 30.5 Å².